The van der Waals surface area contributed by atoms with E-state index in [9.17, 15) is 4.79 Å². The lowest BCUT2D eigenvalue weighted by Crippen LogP contribution is -2.42. The van der Waals surface area contributed by atoms with Gasteiger partial charge < -0.3 is 5.73 Å². The van der Waals surface area contributed by atoms with E-state index in [-0.39, 0.29) is 11.8 Å². The number of amides is 1. The van der Waals surface area contributed by atoms with Crippen molar-refractivity contribution in [2.24, 2.45) is 21.6 Å². The molecule has 1 rings (SSSR count). The summed E-state index contributed by atoms with van der Waals surface area (Å²) in [5.41, 5.74) is 4.90. The van der Waals surface area contributed by atoms with Crippen molar-refractivity contribution < 1.29 is 4.79 Å². The second kappa shape index (κ2) is 5.23. The van der Waals surface area contributed by atoms with Gasteiger partial charge in [0.1, 0.15) is 11.4 Å². The second-order valence-electron chi connectivity index (χ2n) is 4.40. The van der Waals surface area contributed by atoms with E-state index in [1.54, 1.807) is 0 Å². The zero-order valence-corrected chi connectivity index (χ0v) is 10.4. The van der Waals surface area contributed by atoms with Crippen LogP contribution in [0.5, 0.6) is 0 Å². The summed E-state index contributed by atoms with van der Waals surface area (Å²) in [6.07, 6.45) is 5.49. The van der Waals surface area contributed by atoms with Gasteiger partial charge in [-0.1, -0.05) is 27.2 Å². The van der Waals surface area contributed by atoms with E-state index in [1.807, 2.05) is 13.1 Å². The first-order chi connectivity index (χ1) is 7.55. The van der Waals surface area contributed by atoms with Gasteiger partial charge in [-0.25, -0.2) is 4.99 Å². The third kappa shape index (κ3) is 2.49. The third-order valence-electron chi connectivity index (χ3n) is 3.08. The van der Waals surface area contributed by atoms with Gasteiger partial charge in [-0.2, -0.15) is 0 Å². The number of hydrogen-bond acceptors (Lipinski definition) is 3. The van der Waals surface area contributed by atoms with Crippen LogP contribution in [0.1, 0.15) is 46.5 Å². The summed E-state index contributed by atoms with van der Waals surface area (Å²) in [4.78, 5) is 20.3. The van der Waals surface area contributed by atoms with Crippen LogP contribution in [0, 0.1) is 5.92 Å². The SMILES string of the molecule is CCCC1=NC(CCC)(C(C)C(N)=O)C=N1. The molecule has 0 spiro atoms. The lowest BCUT2D eigenvalue weighted by Gasteiger charge is -2.27. The summed E-state index contributed by atoms with van der Waals surface area (Å²) in [7, 11) is 0. The summed E-state index contributed by atoms with van der Waals surface area (Å²) < 4.78 is 0. The van der Waals surface area contributed by atoms with E-state index in [4.69, 9.17) is 5.73 Å². The molecule has 4 heteroatoms. The number of carbonyl (C=O) groups excluding carboxylic acids is 1. The van der Waals surface area contributed by atoms with Crippen LogP contribution in [0.25, 0.3) is 0 Å². The highest BCUT2D eigenvalue weighted by molar-refractivity contribution is 6.00. The number of hydrogen-bond donors (Lipinski definition) is 1. The van der Waals surface area contributed by atoms with Crippen LogP contribution in [-0.2, 0) is 4.79 Å². The van der Waals surface area contributed by atoms with Crippen LogP contribution in [0.2, 0.25) is 0 Å². The summed E-state index contributed by atoms with van der Waals surface area (Å²) in [6, 6.07) is 0. The smallest absolute Gasteiger partial charge is 0.223 e. The van der Waals surface area contributed by atoms with Crippen LogP contribution in [-0.4, -0.2) is 23.5 Å². The Hall–Kier alpha value is -1.19. The highest BCUT2D eigenvalue weighted by Gasteiger charge is 2.39. The van der Waals surface area contributed by atoms with Gasteiger partial charge in [-0.15, -0.1) is 0 Å². The minimum atomic E-state index is -0.481. The highest BCUT2D eigenvalue weighted by Crippen LogP contribution is 2.30. The van der Waals surface area contributed by atoms with Crippen molar-refractivity contribution in [1.82, 2.24) is 0 Å². The normalized spacial score (nSPS) is 25.6. The van der Waals surface area contributed by atoms with Gasteiger partial charge in [0.15, 0.2) is 0 Å². The molecule has 1 aliphatic rings. The van der Waals surface area contributed by atoms with Crippen molar-refractivity contribution in [3.8, 4) is 0 Å². The zero-order valence-electron chi connectivity index (χ0n) is 10.4. The molecule has 16 heavy (non-hydrogen) atoms. The molecule has 0 aromatic carbocycles. The summed E-state index contributed by atoms with van der Waals surface area (Å²) in [6.45, 7) is 6.01. The number of carbonyl (C=O) groups is 1. The van der Waals surface area contributed by atoms with E-state index in [0.717, 1.165) is 31.5 Å². The molecule has 1 amide bonds. The molecule has 90 valence electrons. The number of primary amides is 1. The number of amidine groups is 1. The fourth-order valence-electron chi connectivity index (χ4n) is 2.02. The largest absolute Gasteiger partial charge is 0.369 e. The van der Waals surface area contributed by atoms with Crippen molar-refractivity contribution in [1.29, 1.82) is 0 Å². The molecular formula is C12H21N3O. The standard InChI is InChI=1S/C12H21N3O/c1-4-6-10-14-8-12(15-10,7-5-2)9(3)11(13)16/h8-9H,4-7H2,1-3H3,(H2,13,16). The summed E-state index contributed by atoms with van der Waals surface area (Å²) >= 11 is 0. The molecular weight excluding hydrogens is 202 g/mol. The minimum Gasteiger partial charge on any atom is -0.369 e. The number of nitrogens with zero attached hydrogens (tertiary/aromatic N) is 2. The highest BCUT2D eigenvalue weighted by atomic mass is 16.1. The van der Waals surface area contributed by atoms with Crippen molar-refractivity contribution in [3.05, 3.63) is 0 Å². The lowest BCUT2D eigenvalue weighted by molar-refractivity contribution is -0.122. The molecule has 2 atom stereocenters. The first-order valence-electron chi connectivity index (χ1n) is 5.99. The summed E-state index contributed by atoms with van der Waals surface area (Å²) in [5, 5.41) is 0. The molecule has 2 N–H and O–H groups in total. The van der Waals surface area contributed by atoms with E-state index in [0.29, 0.717) is 0 Å². The van der Waals surface area contributed by atoms with Gasteiger partial charge in [0.05, 0.1) is 5.92 Å². The fourth-order valence-corrected chi connectivity index (χ4v) is 2.02. The average Bonchev–Trinajstić information content (AvgIpc) is 2.63. The van der Waals surface area contributed by atoms with E-state index in [1.165, 1.54) is 0 Å². The Bertz CT molecular complexity index is 322. The van der Waals surface area contributed by atoms with Crippen LogP contribution < -0.4 is 5.73 Å². The maximum Gasteiger partial charge on any atom is 0.223 e. The van der Waals surface area contributed by atoms with Gasteiger partial charge in [0, 0.05) is 12.6 Å². The first kappa shape index (κ1) is 12.9. The van der Waals surface area contributed by atoms with Gasteiger partial charge in [0.25, 0.3) is 0 Å². The topological polar surface area (TPSA) is 67.8 Å². The fraction of sp³-hybridized carbons (Fsp3) is 0.750. The maximum atomic E-state index is 11.3. The van der Waals surface area contributed by atoms with Crippen LogP contribution in [0.15, 0.2) is 9.98 Å². The molecule has 0 aromatic rings. The number of rotatable bonds is 6. The zero-order chi connectivity index (χ0) is 12.2. The first-order valence-corrected chi connectivity index (χ1v) is 5.99. The third-order valence-corrected chi connectivity index (χ3v) is 3.08. The average molecular weight is 223 g/mol. The Morgan fingerprint density at radius 1 is 1.50 bits per heavy atom. The second-order valence-corrected chi connectivity index (χ2v) is 4.40. The van der Waals surface area contributed by atoms with Crippen LogP contribution in [0.4, 0.5) is 0 Å². The quantitative estimate of drug-likeness (QED) is 0.734. The molecule has 4 nitrogen and oxygen atoms in total. The van der Waals surface area contributed by atoms with E-state index in [2.05, 4.69) is 23.8 Å². The molecule has 0 bridgehead atoms. The summed E-state index contributed by atoms with van der Waals surface area (Å²) in [5.74, 6) is 0.260. The van der Waals surface area contributed by atoms with Gasteiger partial charge in [-0.05, 0) is 12.8 Å². The Morgan fingerprint density at radius 3 is 2.69 bits per heavy atom. The van der Waals surface area contributed by atoms with E-state index >= 15 is 0 Å². The Kier molecular flexibility index (Phi) is 4.21. The molecule has 1 heterocycles. The number of aliphatic imine (C=N–C) groups is 2. The van der Waals surface area contributed by atoms with Crippen molar-refractivity contribution in [3.63, 3.8) is 0 Å². The van der Waals surface area contributed by atoms with Crippen LogP contribution >= 0.6 is 0 Å². The monoisotopic (exact) mass is 223 g/mol. The lowest BCUT2D eigenvalue weighted by atomic mass is 9.82. The van der Waals surface area contributed by atoms with Gasteiger partial charge in [0.2, 0.25) is 5.91 Å². The molecule has 0 saturated heterocycles. The molecule has 0 fully saturated rings. The Morgan fingerprint density at radius 2 is 2.19 bits per heavy atom. The molecule has 0 aliphatic carbocycles. The maximum absolute atomic E-state index is 11.3. The Balaban J connectivity index is 2.92. The predicted octanol–water partition coefficient (Wildman–Crippen LogP) is 1.93. The molecule has 0 radical (unpaired) electrons. The minimum absolute atomic E-state index is 0.287. The number of nitrogens with two attached hydrogens (primary N) is 1. The van der Waals surface area contributed by atoms with Crippen molar-refractivity contribution >= 4 is 18.0 Å². The molecule has 0 saturated carbocycles. The van der Waals surface area contributed by atoms with Gasteiger partial charge >= 0.3 is 0 Å². The van der Waals surface area contributed by atoms with Crippen molar-refractivity contribution in [2.75, 3.05) is 0 Å². The van der Waals surface area contributed by atoms with Crippen molar-refractivity contribution in [2.45, 2.75) is 52.0 Å². The van der Waals surface area contributed by atoms with Crippen LogP contribution in [0.3, 0.4) is 0 Å². The molecule has 1 aliphatic heterocycles. The van der Waals surface area contributed by atoms with Gasteiger partial charge in [-0.3, -0.25) is 9.79 Å². The predicted molar refractivity (Wildman–Crippen MR) is 66.8 cm³/mol. The molecule has 0 aromatic heterocycles. The Labute approximate surface area is 97.0 Å². The molecule has 2 unspecified atom stereocenters. The van der Waals surface area contributed by atoms with E-state index < -0.39 is 5.54 Å².